The van der Waals surface area contributed by atoms with Crippen LogP contribution in [0.2, 0.25) is 0 Å². The monoisotopic (exact) mass is 223 g/mol. The first-order chi connectivity index (χ1) is 7.72. The molecule has 0 bridgehead atoms. The molecule has 0 radical (unpaired) electrons. The summed E-state index contributed by atoms with van der Waals surface area (Å²) in [6.45, 7) is 2.41. The SMILES string of the molecule is COCC(=O)N[C@@H](C)COc1ccccc1. The number of nitrogens with one attached hydrogen (secondary N) is 1. The van der Waals surface area contributed by atoms with Crippen molar-refractivity contribution in [2.75, 3.05) is 20.3 Å². The third-order valence-electron chi connectivity index (χ3n) is 1.93. The van der Waals surface area contributed by atoms with Crippen LogP contribution in [0.25, 0.3) is 0 Å². The number of rotatable bonds is 6. The Hall–Kier alpha value is -1.55. The highest BCUT2D eigenvalue weighted by Crippen LogP contribution is 2.08. The molecule has 1 rings (SSSR count). The predicted molar refractivity (Wildman–Crippen MR) is 61.4 cm³/mol. The van der Waals surface area contributed by atoms with E-state index >= 15 is 0 Å². The Morgan fingerprint density at radius 1 is 1.38 bits per heavy atom. The summed E-state index contributed by atoms with van der Waals surface area (Å²) in [5.41, 5.74) is 0. The molecule has 1 aromatic rings. The number of hydrogen-bond donors (Lipinski definition) is 1. The molecule has 1 atom stereocenters. The fourth-order valence-electron chi connectivity index (χ4n) is 1.23. The van der Waals surface area contributed by atoms with Gasteiger partial charge in [0, 0.05) is 7.11 Å². The molecule has 1 aromatic carbocycles. The van der Waals surface area contributed by atoms with Crippen molar-refractivity contribution in [3.8, 4) is 5.75 Å². The Bertz CT molecular complexity index is 313. The lowest BCUT2D eigenvalue weighted by molar-refractivity contribution is -0.125. The van der Waals surface area contributed by atoms with Crippen LogP contribution < -0.4 is 10.1 Å². The van der Waals surface area contributed by atoms with Gasteiger partial charge in [0.05, 0.1) is 6.04 Å². The predicted octanol–water partition coefficient (Wildman–Crippen LogP) is 1.22. The van der Waals surface area contributed by atoms with Crippen LogP contribution in [0.15, 0.2) is 30.3 Å². The number of ether oxygens (including phenoxy) is 2. The molecular formula is C12H17NO3. The maximum atomic E-state index is 11.2. The van der Waals surface area contributed by atoms with E-state index in [9.17, 15) is 4.79 Å². The standard InChI is InChI=1S/C12H17NO3/c1-10(13-12(14)9-15-2)8-16-11-6-4-3-5-7-11/h3-7,10H,8-9H2,1-2H3,(H,13,14)/t10-/m0/s1. The summed E-state index contributed by atoms with van der Waals surface area (Å²) in [5.74, 6) is 0.669. The lowest BCUT2D eigenvalue weighted by Crippen LogP contribution is -2.38. The largest absolute Gasteiger partial charge is 0.491 e. The van der Waals surface area contributed by atoms with Crippen LogP contribution in [0.3, 0.4) is 0 Å². The first-order valence-electron chi connectivity index (χ1n) is 5.18. The van der Waals surface area contributed by atoms with Gasteiger partial charge in [0.1, 0.15) is 19.0 Å². The quantitative estimate of drug-likeness (QED) is 0.788. The average molecular weight is 223 g/mol. The summed E-state index contributed by atoms with van der Waals surface area (Å²) >= 11 is 0. The molecular weight excluding hydrogens is 206 g/mol. The van der Waals surface area contributed by atoms with Gasteiger partial charge >= 0.3 is 0 Å². The highest BCUT2D eigenvalue weighted by molar-refractivity contribution is 5.77. The number of methoxy groups -OCH3 is 1. The Morgan fingerprint density at radius 2 is 2.06 bits per heavy atom. The van der Waals surface area contributed by atoms with Crippen LogP contribution in [0.5, 0.6) is 5.75 Å². The summed E-state index contributed by atoms with van der Waals surface area (Å²) in [7, 11) is 1.49. The van der Waals surface area contributed by atoms with Crippen molar-refractivity contribution >= 4 is 5.91 Å². The van der Waals surface area contributed by atoms with E-state index in [1.807, 2.05) is 37.3 Å². The molecule has 4 nitrogen and oxygen atoms in total. The van der Waals surface area contributed by atoms with E-state index in [4.69, 9.17) is 9.47 Å². The Labute approximate surface area is 95.6 Å². The summed E-state index contributed by atoms with van der Waals surface area (Å²) in [6.07, 6.45) is 0. The summed E-state index contributed by atoms with van der Waals surface area (Å²) in [5, 5.41) is 2.76. The highest BCUT2D eigenvalue weighted by Gasteiger charge is 2.07. The van der Waals surface area contributed by atoms with Crippen molar-refractivity contribution in [3.05, 3.63) is 30.3 Å². The van der Waals surface area contributed by atoms with Crippen molar-refractivity contribution in [1.82, 2.24) is 5.32 Å². The molecule has 0 aromatic heterocycles. The molecule has 1 N–H and O–H groups in total. The Kier molecular flexibility index (Phi) is 5.36. The van der Waals surface area contributed by atoms with Gasteiger partial charge in [-0.05, 0) is 19.1 Å². The minimum atomic E-state index is -0.133. The third kappa shape index (κ3) is 4.79. The molecule has 0 aliphatic rings. The van der Waals surface area contributed by atoms with Crippen LogP contribution in [0, 0.1) is 0 Å². The summed E-state index contributed by atoms with van der Waals surface area (Å²) in [4.78, 5) is 11.2. The van der Waals surface area contributed by atoms with E-state index in [1.165, 1.54) is 7.11 Å². The number of carbonyl (C=O) groups excluding carboxylic acids is 1. The van der Waals surface area contributed by atoms with Crippen molar-refractivity contribution in [2.45, 2.75) is 13.0 Å². The van der Waals surface area contributed by atoms with Crippen LogP contribution in [-0.2, 0) is 9.53 Å². The molecule has 0 spiro atoms. The van der Waals surface area contributed by atoms with E-state index in [2.05, 4.69) is 5.32 Å². The summed E-state index contributed by atoms with van der Waals surface area (Å²) in [6, 6.07) is 9.46. The normalized spacial score (nSPS) is 11.9. The van der Waals surface area contributed by atoms with Crippen LogP contribution in [0.4, 0.5) is 0 Å². The fourth-order valence-corrected chi connectivity index (χ4v) is 1.23. The van der Waals surface area contributed by atoms with Gasteiger partial charge in [0.25, 0.3) is 0 Å². The molecule has 88 valence electrons. The first kappa shape index (κ1) is 12.5. The van der Waals surface area contributed by atoms with E-state index in [0.717, 1.165) is 5.75 Å². The average Bonchev–Trinajstić information content (AvgIpc) is 2.28. The molecule has 0 saturated carbocycles. The topological polar surface area (TPSA) is 47.6 Å². The van der Waals surface area contributed by atoms with Gasteiger partial charge in [0.2, 0.25) is 5.91 Å². The molecule has 0 aliphatic carbocycles. The maximum Gasteiger partial charge on any atom is 0.246 e. The zero-order valence-corrected chi connectivity index (χ0v) is 9.60. The van der Waals surface area contributed by atoms with E-state index in [0.29, 0.717) is 6.61 Å². The van der Waals surface area contributed by atoms with Crippen LogP contribution in [0.1, 0.15) is 6.92 Å². The molecule has 0 fully saturated rings. The van der Waals surface area contributed by atoms with Crippen molar-refractivity contribution in [2.24, 2.45) is 0 Å². The smallest absolute Gasteiger partial charge is 0.246 e. The number of carbonyl (C=O) groups is 1. The maximum absolute atomic E-state index is 11.2. The molecule has 0 unspecified atom stereocenters. The second kappa shape index (κ2) is 6.85. The fraction of sp³-hybridized carbons (Fsp3) is 0.417. The van der Waals surface area contributed by atoms with Crippen LogP contribution in [-0.4, -0.2) is 32.3 Å². The van der Waals surface area contributed by atoms with Gasteiger partial charge in [-0.1, -0.05) is 18.2 Å². The lowest BCUT2D eigenvalue weighted by atomic mass is 10.3. The van der Waals surface area contributed by atoms with Crippen molar-refractivity contribution in [1.29, 1.82) is 0 Å². The van der Waals surface area contributed by atoms with Gasteiger partial charge in [-0.2, -0.15) is 0 Å². The molecule has 4 heteroatoms. The highest BCUT2D eigenvalue weighted by atomic mass is 16.5. The lowest BCUT2D eigenvalue weighted by Gasteiger charge is -2.14. The molecule has 0 heterocycles. The second-order valence-electron chi connectivity index (χ2n) is 3.53. The first-order valence-corrected chi connectivity index (χ1v) is 5.18. The second-order valence-corrected chi connectivity index (χ2v) is 3.53. The van der Waals surface area contributed by atoms with Gasteiger partial charge in [0.15, 0.2) is 0 Å². The molecule has 0 aliphatic heterocycles. The minimum absolute atomic E-state index is 0.0390. The Balaban J connectivity index is 2.25. The van der Waals surface area contributed by atoms with E-state index in [1.54, 1.807) is 0 Å². The van der Waals surface area contributed by atoms with Crippen LogP contribution >= 0.6 is 0 Å². The number of hydrogen-bond acceptors (Lipinski definition) is 3. The van der Waals surface area contributed by atoms with E-state index < -0.39 is 0 Å². The number of amides is 1. The molecule has 16 heavy (non-hydrogen) atoms. The molecule has 0 saturated heterocycles. The number of benzene rings is 1. The number of para-hydroxylation sites is 1. The van der Waals surface area contributed by atoms with E-state index in [-0.39, 0.29) is 18.6 Å². The minimum Gasteiger partial charge on any atom is -0.491 e. The Morgan fingerprint density at radius 3 is 2.69 bits per heavy atom. The van der Waals surface area contributed by atoms with Gasteiger partial charge in [-0.15, -0.1) is 0 Å². The summed E-state index contributed by atoms with van der Waals surface area (Å²) < 4.78 is 10.2. The zero-order valence-electron chi connectivity index (χ0n) is 9.60. The van der Waals surface area contributed by atoms with Crippen molar-refractivity contribution in [3.63, 3.8) is 0 Å². The van der Waals surface area contributed by atoms with Crippen molar-refractivity contribution < 1.29 is 14.3 Å². The van der Waals surface area contributed by atoms with Gasteiger partial charge in [-0.25, -0.2) is 0 Å². The van der Waals surface area contributed by atoms with Gasteiger partial charge in [-0.3, -0.25) is 4.79 Å². The van der Waals surface area contributed by atoms with Gasteiger partial charge < -0.3 is 14.8 Å². The molecule has 1 amide bonds. The third-order valence-corrected chi connectivity index (χ3v) is 1.93. The zero-order chi connectivity index (χ0) is 11.8.